The normalized spacial score (nSPS) is 15.6. The molecule has 0 aliphatic carbocycles. The Hall–Kier alpha value is -2.50. The maximum absolute atomic E-state index is 11.5. The van der Waals surface area contributed by atoms with E-state index in [0.717, 1.165) is 44.1 Å². The molecule has 38 heavy (non-hydrogen) atoms. The first-order chi connectivity index (χ1) is 18.2. The van der Waals surface area contributed by atoms with Crippen molar-refractivity contribution in [1.82, 2.24) is 19.4 Å². The molecule has 0 amide bonds. The lowest BCUT2D eigenvalue weighted by molar-refractivity contribution is -0.0334. The maximum atomic E-state index is 11.5. The fraction of sp³-hybridized carbons (Fsp3) is 0.571. The summed E-state index contributed by atoms with van der Waals surface area (Å²) < 4.78 is 19.0. The predicted octanol–water partition coefficient (Wildman–Crippen LogP) is 4.42. The molecule has 0 bridgehead atoms. The second-order valence-corrected chi connectivity index (χ2v) is 17.0. The highest BCUT2D eigenvalue weighted by atomic mass is 28.3. The zero-order chi connectivity index (χ0) is 27.3. The minimum absolute atomic E-state index is 0.230. The van der Waals surface area contributed by atoms with Gasteiger partial charge in [-0.25, -0.2) is 0 Å². The Bertz CT molecular complexity index is 1190. The van der Waals surface area contributed by atoms with Crippen LogP contribution in [-0.2, 0) is 22.7 Å². The van der Waals surface area contributed by atoms with Gasteiger partial charge in [-0.05, 0) is 23.6 Å². The number of fused-ring (bicyclic) bond motifs is 1. The number of nitrogens with two attached hydrogens (primary N) is 1. The van der Waals surface area contributed by atoms with Gasteiger partial charge in [0.15, 0.2) is 5.82 Å². The Morgan fingerprint density at radius 2 is 1.87 bits per heavy atom. The van der Waals surface area contributed by atoms with E-state index in [-0.39, 0.29) is 6.01 Å². The van der Waals surface area contributed by atoms with E-state index in [1.54, 1.807) is 7.11 Å². The van der Waals surface area contributed by atoms with Crippen LogP contribution >= 0.6 is 0 Å². The number of likely N-dealkylation sites (tertiary alicyclic amines) is 1. The SMILES string of the molecule is CCCCOc1nc(N)c2c(n1)c(C(O)c1ccc(CN3CC(OC)C3)cc1)cn2COCC[Si](C)(C)C. The molecule has 3 N–H and O–H groups in total. The van der Waals surface area contributed by atoms with Gasteiger partial charge in [0, 0.05) is 53.2 Å². The molecule has 1 atom stereocenters. The predicted molar refractivity (Wildman–Crippen MR) is 153 cm³/mol. The van der Waals surface area contributed by atoms with Crippen LogP contribution in [0.4, 0.5) is 5.82 Å². The summed E-state index contributed by atoms with van der Waals surface area (Å²) in [6, 6.07) is 9.39. The van der Waals surface area contributed by atoms with Crippen molar-refractivity contribution in [1.29, 1.82) is 0 Å². The summed E-state index contributed by atoms with van der Waals surface area (Å²) >= 11 is 0. The molecule has 10 heteroatoms. The summed E-state index contributed by atoms with van der Waals surface area (Å²) in [5.41, 5.74) is 10.3. The molecular formula is C28H43N5O4Si. The third-order valence-corrected chi connectivity index (χ3v) is 8.66. The Kier molecular flexibility index (Phi) is 9.43. The van der Waals surface area contributed by atoms with Crippen molar-refractivity contribution in [2.45, 2.75) is 70.9 Å². The molecular weight excluding hydrogens is 498 g/mol. The van der Waals surface area contributed by atoms with Crippen molar-refractivity contribution in [3.8, 4) is 6.01 Å². The Balaban J connectivity index is 1.57. The van der Waals surface area contributed by atoms with Crippen molar-refractivity contribution >= 4 is 24.9 Å². The fourth-order valence-corrected chi connectivity index (χ4v) is 5.24. The summed E-state index contributed by atoms with van der Waals surface area (Å²) in [7, 11) is 0.548. The molecule has 1 fully saturated rings. The third-order valence-electron chi connectivity index (χ3n) is 6.96. The Labute approximate surface area is 226 Å². The zero-order valence-corrected chi connectivity index (χ0v) is 24.4. The summed E-state index contributed by atoms with van der Waals surface area (Å²) in [6.07, 6.45) is 3.24. The van der Waals surface area contributed by atoms with Crippen LogP contribution in [-0.4, -0.2) is 72.1 Å². The first-order valence-corrected chi connectivity index (χ1v) is 17.3. The molecule has 4 rings (SSSR count). The highest BCUT2D eigenvalue weighted by Crippen LogP contribution is 2.33. The molecule has 1 aliphatic rings. The molecule has 1 saturated heterocycles. The van der Waals surface area contributed by atoms with Crippen molar-refractivity contribution in [2.24, 2.45) is 0 Å². The van der Waals surface area contributed by atoms with Crippen LogP contribution in [0.2, 0.25) is 25.7 Å². The summed E-state index contributed by atoms with van der Waals surface area (Å²) in [4.78, 5) is 11.4. The van der Waals surface area contributed by atoms with Gasteiger partial charge >= 0.3 is 6.01 Å². The first-order valence-electron chi connectivity index (χ1n) is 13.6. The van der Waals surface area contributed by atoms with Crippen LogP contribution in [0.3, 0.4) is 0 Å². The van der Waals surface area contributed by atoms with E-state index in [2.05, 4.69) is 53.6 Å². The van der Waals surface area contributed by atoms with Crippen molar-refractivity contribution in [3.63, 3.8) is 0 Å². The van der Waals surface area contributed by atoms with Gasteiger partial charge in [-0.3, -0.25) is 4.90 Å². The number of methoxy groups -OCH3 is 1. The van der Waals surface area contributed by atoms with E-state index < -0.39 is 14.2 Å². The quantitative estimate of drug-likeness (QED) is 0.228. The van der Waals surface area contributed by atoms with Gasteiger partial charge in [0.2, 0.25) is 0 Å². The van der Waals surface area contributed by atoms with Crippen LogP contribution in [0.5, 0.6) is 6.01 Å². The number of unbranched alkanes of at least 4 members (excludes halogenated alkanes) is 1. The van der Waals surface area contributed by atoms with E-state index in [1.165, 1.54) is 5.56 Å². The van der Waals surface area contributed by atoms with Gasteiger partial charge < -0.3 is 29.6 Å². The van der Waals surface area contributed by atoms with Gasteiger partial charge in [0.05, 0.1) is 12.7 Å². The average molecular weight is 542 g/mol. The highest BCUT2D eigenvalue weighted by molar-refractivity contribution is 6.76. The van der Waals surface area contributed by atoms with Crippen LogP contribution in [0.25, 0.3) is 11.0 Å². The van der Waals surface area contributed by atoms with Crippen molar-refractivity contribution < 1.29 is 19.3 Å². The molecule has 0 spiro atoms. The van der Waals surface area contributed by atoms with Gasteiger partial charge in [0.25, 0.3) is 0 Å². The van der Waals surface area contributed by atoms with E-state index in [0.29, 0.717) is 48.5 Å². The highest BCUT2D eigenvalue weighted by Gasteiger charge is 2.26. The number of rotatable bonds is 14. The van der Waals surface area contributed by atoms with Crippen molar-refractivity contribution in [3.05, 3.63) is 47.2 Å². The number of ether oxygens (including phenoxy) is 3. The number of anilines is 1. The summed E-state index contributed by atoms with van der Waals surface area (Å²) in [5, 5.41) is 11.5. The molecule has 1 aromatic carbocycles. The lowest BCUT2D eigenvalue weighted by atomic mass is 10.0. The number of nitrogens with zero attached hydrogens (tertiary/aromatic N) is 4. The summed E-state index contributed by atoms with van der Waals surface area (Å²) in [5.74, 6) is 0.313. The molecule has 0 radical (unpaired) electrons. The molecule has 1 unspecified atom stereocenters. The lowest BCUT2D eigenvalue weighted by Crippen LogP contribution is -2.50. The molecule has 3 heterocycles. The number of hydrogen-bond donors (Lipinski definition) is 2. The van der Waals surface area contributed by atoms with Crippen molar-refractivity contribution in [2.75, 3.05) is 39.1 Å². The van der Waals surface area contributed by atoms with Gasteiger partial charge in [-0.1, -0.05) is 57.3 Å². The number of nitrogen functional groups attached to an aromatic ring is 1. The lowest BCUT2D eigenvalue weighted by Gasteiger charge is -2.38. The molecule has 208 valence electrons. The molecule has 0 saturated carbocycles. The van der Waals surface area contributed by atoms with Gasteiger partial charge in [0.1, 0.15) is 23.9 Å². The van der Waals surface area contributed by atoms with E-state index in [4.69, 9.17) is 19.9 Å². The Morgan fingerprint density at radius 3 is 2.53 bits per heavy atom. The zero-order valence-electron chi connectivity index (χ0n) is 23.4. The van der Waals surface area contributed by atoms with Gasteiger partial charge in [-0.2, -0.15) is 9.97 Å². The largest absolute Gasteiger partial charge is 0.463 e. The third kappa shape index (κ3) is 7.12. The number of benzene rings is 1. The molecule has 1 aliphatic heterocycles. The summed E-state index contributed by atoms with van der Waals surface area (Å²) in [6.45, 7) is 13.4. The van der Waals surface area contributed by atoms with Crippen LogP contribution in [0.1, 0.15) is 42.6 Å². The second-order valence-electron chi connectivity index (χ2n) is 11.4. The standard InChI is InChI=1S/C28H43N5O4Si/c1-6-7-12-37-28-30-24-23(18-33(25(24)27(29)31-28)19-36-13-14-38(3,4)5)26(34)21-10-8-20(9-11-21)15-32-16-22(17-32)35-2/h8-11,18,22,26,34H,6-7,12-17,19H2,1-5H3,(H2,29,30,31). The molecule has 3 aromatic rings. The minimum Gasteiger partial charge on any atom is -0.463 e. The number of aliphatic hydroxyl groups is 1. The number of hydrogen-bond acceptors (Lipinski definition) is 8. The van der Waals surface area contributed by atoms with Crippen LogP contribution in [0.15, 0.2) is 30.5 Å². The smallest absolute Gasteiger partial charge is 0.319 e. The maximum Gasteiger partial charge on any atom is 0.319 e. The second kappa shape index (κ2) is 12.6. The molecule has 2 aromatic heterocycles. The Morgan fingerprint density at radius 1 is 1.13 bits per heavy atom. The molecule has 9 nitrogen and oxygen atoms in total. The van der Waals surface area contributed by atoms with E-state index in [1.807, 2.05) is 22.9 Å². The van der Waals surface area contributed by atoms with Crippen LogP contribution in [0, 0.1) is 0 Å². The number of aromatic nitrogens is 3. The van der Waals surface area contributed by atoms with Gasteiger partial charge in [-0.15, -0.1) is 0 Å². The number of aliphatic hydroxyl groups excluding tert-OH is 1. The first kappa shape index (κ1) is 28.5. The van der Waals surface area contributed by atoms with E-state index in [9.17, 15) is 5.11 Å². The average Bonchev–Trinajstić information content (AvgIpc) is 3.22. The monoisotopic (exact) mass is 541 g/mol. The minimum atomic E-state index is -1.21. The van der Waals surface area contributed by atoms with E-state index >= 15 is 0 Å². The topological polar surface area (TPSA) is 108 Å². The van der Waals surface area contributed by atoms with Crippen LogP contribution < -0.4 is 10.5 Å². The fourth-order valence-electron chi connectivity index (χ4n) is 4.49.